The van der Waals surface area contributed by atoms with Crippen molar-refractivity contribution in [2.45, 2.75) is 19.8 Å². The van der Waals surface area contributed by atoms with Crippen LogP contribution in [0.2, 0.25) is 0 Å². The molecule has 0 bridgehead atoms. The van der Waals surface area contributed by atoms with Gasteiger partial charge in [0.2, 0.25) is 0 Å². The highest BCUT2D eigenvalue weighted by molar-refractivity contribution is 5.69. The zero-order valence-electron chi connectivity index (χ0n) is 8.04. The average molecular weight is 178 g/mol. The van der Waals surface area contributed by atoms with E-state index in [-0.39, 0.29) is 5.97 Å². The summed E-state index contributed by atoms with van der Waals surface area (Å²) in [6.07, 6.45) is 1.22. The van der Waals surface area contributed by atoms with Crippen molar-refractivity contribution in [1.82, 2.24) is 0 Å². The van der Waals surface area contributed by atoms with E-state index in [4.69, 9.17) is 0 Å². The lowest BCUT2D eigenvalue weighted by Gasteiger charge is -2.03. The summed E-state index contributed by atoms with van der Waals surface area (Å²) in [6.45, 7) is 2.05. The van der Waals surface area contributed by atoms with E-state index < -0.39 is 0 Å². The Bertz CT molecular complexity index is 292. The van der Waals surface area contributed by atoms with Crippen molar-refractivity contribution in [3.63, 3.8) is 0 Å². The van der Waals surface area contributed by atoms with E-state index in [9.17, 15) is 4.79 Å². The predicted octanol–water partition coefficient (Wildman–Crippen LogP) is 2.10. The van der Waals surface area contributed by atoms with Crippen LogP contribution >= 0.6 is 0 Å². The van der Waals surface area contributed by atoms with Crippen LogP contribution in [-0.4, -0.2) is 13.1 Å². The Morgan fingerprint density at radius 2 is 2.08 bits per heavy atom. The molecular formula is C11H14O2. The minimum absolute atomic E-state index is 0.150. The molecule has 2 nitrogen and oxygen atoms in total. The number of esters is 1. The molecule has 0 aliphatic heterocycles. The van der Waals surface area contributed by atoms with E-state index in [0.717, 1.165) is 6.42 Å². The van der Waals surface area contributed by atoms with Crippen molar-refractivity contribution in [1.29, 1.82) is 0 Å². The second-order valence-corrected chi connectivity index (χ2v) is 3.00. The Morgan fingerprint density at radius 3 is 2.69 bits per heavy atom. The summed E-state index contributed by atoms with van der Waals surface area (Å²) in [4.78, 5) is 10.9. The van der Waals surface area contributed by atoms with Gasteiger partial charge in [0.15, 0.2) is 0 Å². The largest absolute Gasteiger partial charge is 0.469 e. The van der Waals surface area contributed by atoms with Crippen LogP contribution in [0.3, 0.4) is 0 Å². The molecule has 2 heteroatoms. The van der Waals surface area contributed by atoms with Crippen LogP contribution in [0.5, 0.6) is 0 Å². The van der Waals surface area contributed by atoms with Gasteiger partial charge in [-0.05, 0) is 24.5 Å². The first-order valence-electron chi connectivity index (χ1n) is 4.35. The van der Waals surface area contributed by atoms with Crippen molar-refractivity contribution < 1.29 is 9.53 Å². The number of rotatable bonds is 3. The fraction of sp³-hybridized carbons (Fsp3) is 0.364. The number of aryl methyl sites for hydroxylation is 2. The van der Waals surface area contributed by atoms with Gasteiger partial charge in [-0.2, -0.15) is 0 Å². The number of methoxy groups -OCH3 is 1. The number of benzene rings is 1. The molecule has 0 aliphatic rings. The van der Waals surface area contributed by atoms with Crippen LogP contribution < -0.4 is 0 Å². The summed E-state index contributed by atoms with van der Waals surface area (Å²) in [5.41, 5.74) is 2.44. The lowest BCUT2D eigenvalue weighted by Crippen LogP contribution is -2.02. The summed E-state index contributed by atoms with van der Waals surface area (Å²) in [6, 6.07) is 8.07. The van der Waals surface area contributed by atoms with E-state index in [2.05, 4.69) is 4.74 Å². The highest BCUT2D eigenvalue weighted by atomic mass is 16.5. The van der Waals surface area contributed by atoms with Gasteiger partial charge in [-0.25, -0.2) is 0 Å². The molecule has 1 aromatic rings. The van der Waals surface area contributed by atoms with Crippen molar-refractivity contribution in [2.75, 3.05) is 7.11 Å². The van der Waals surface area contributed by atoms with Crippen LogP contribution in [0.1, 0.15) is 17.5 Å². The summed E-state index contributed by atoms with van der Waals surface area (Å²) in [7, 11) is 1.42. The number of carbonyl (C=O) groups excluding carboxylic acids is 1. The van der Waals surface area contributed by atoms with Gasteiger partial charge in [-0.3, -0.25) is 4.79 Å². The molecule has 0 spiro atoms. The van der Waals surface area contributed by atoms with Crippen molar-refractivity contribution in [2.24, 2.45) is 0 Å². The van der Waals surface area contributed by atoms with Gasteiger partial charge in [0.1, 0.15) is 0 Å². The number of carbonyl (C=O) groups is 1. The summed E-state index contributed by atoms with van der Waals surface area (Å²) in [5.74, 6) is -0.150. The van der Waals surface area contributed by atoms with Crippen LogP contribution in [0.4, 0.5) is 0 Å². The second-order valence-electron chi connectivity index (χ2n) is 3.00. The molecule has 0 saturated heterocycles. The Kier molecular flexibility index (Phi) is 3.50. The van der Waals surface area contributed by atoms with Gasteiger partial charge in [0.05, 0.1) is 7.11 Å². The van der Waals surface area contributed by atoms with E-state index in [1.807, 2.05) is 31.2 Å². The quantitative estimate of drug-likeness (QED) is 0.662. The van der Waals surface area contributed by atoms with Gasteiger partial charge in [0.25, 0.3) is 0 Å². The predicted molar refractivity (Wildman–Crippen MR) is 51.5 cm³/mol. The van der Waals surface area contributed by atoms with Crippen molar-refractivity contribution >= 4 is 5.97 Å². The molecule has 1 rings (SSSR count). The van der Waals surface area contributed by atoms with Gasteiger partial charge in [-0.15, -0.1) is 0 Å². The molecule has 0 atom stereocenters. The smallest absolute Gasteiger partial charge is 0.305 e. The van der Waals surface area contributed by atoms with Crippen molar-refractivity contribution in [3.05, 3.63) is 35.4 Å². The van der Waals surface area contributed by atoms with Crippen LogP contribution in [0.25, 0.3) is 0 Å². The van der Waals surface area contributed by atoms with Gasteiger partial charge < -0.3 is 4.74 Å². The summed E-state index contributed by atoms with van der Waals surface area (Å²) >= 11 is 0. The highest BCUT2D eigenvalue weighted by Gasteiger charge is 2.02. The SMILES string of the molecule is COC(=O)CCc1ccccc1C. The Hall–Kier alpha value is -1.31. The second kappa shape index (κ2) is 4.65. The lowest BCUT2D eigenvalue weighted by molar-refractivity contribution is -0.140. The first-order chi connectivity index (χ1) is 6.24. The third-order valence-corrected chi connectivity index (χ3v) is 2.09. The topological polar surface area (TPSA) is 26.3 Å². The van der Waals surface area contributed by atoms with Gasteiger partial charge >= 0.3 is 5.97 Å². The molecule has 1 aromatic carbocycles. The minimum Gasteiger partial charge on any atom is -0.469 e. The number of hydrogen-bond donors (Lipinski definition) is 0. The molecule has 70 valence electrons. The Balaban J connectivity index is 2.54. The van der Waals surface area contributed by atoms with Gasteiger partial charge in [0, 0.05) is 6.42 Å². The van der Waals surface area contributed by atoms with Crippen LogP contribution in [0.15, 0.2) is 24.3 Å². The fourth-order valence-corrected chi connectivity index (χ4v) is 1.23. The maximum absolute atomic E-state index is 10.9. The maximum atomic E-state index is 10.9. The molecule has 0 heterocycles. The van der Waals surface area contributed by atoms with E-state index in [0.29, 0.717) is 6.42 Å². The minimum atomic E-state index is -0.150. The molecule has 0 fully saturated rings. The van der Waals surface area contributed by atoms with E-state index in [1.54, 1.807) is 0 Å². The van der Waals surface area contributed by atoms with Crippen LogP contribution in [0, 0.1) is 6.92 Å². The third kappa shape index (κ3) is 2.90. The maximum Gasteiger partial charge on any atom is 0.305 e. The zero-order chi connectivity index (χ0) is 9.68. The molecule has 13 heavy (non-hydrogen) atoms. The Labute approximate surface area is 78.5 Å². The fourth-order valence-electron chi connectivity index (χ4n) is 1.23. The number of hydrogen-bond acceptors (Lipinski definition) is 2. The molecule has 0 amide bonds. The zero-order valence-corrected chi connectivity index (χ0v) is 8.04. The van der Waals surface area contributed by atoms with E-state index >= 15 is 0 Å². The monoisotopic (exact) mass is 178 g/mol. The molecule has 0 saturated carbocycles. The molecular weight excluding hydrogens is 164 g/mol. The highest BCUT2D eigenvalue weighted by Crippen LogP contribution is 2.09. The summed E-state index contributed by atoms with van der Waals surface area (Å²) in [5, 5.41) is 0. The average Bonchev–Trinajstić information content (AvgIpc) is 2.16. The number of ether oxygens (including phenoxy) is 1. The molecule has 0 aromatic heterocycles. The Morgan fingerprint density at radius 1 is 1.38 bits per heavy atom. The van der Waals surface area contributed by atoms with Gasteiger partial charge in [-0.1, -0.05) is 24.3 Å². The normalized spacial score (nSPS) is 9.69. The molecule has 0 unspecified atom stereocenters. The van der Waals surface area contributed by atoms with Crippen LogP contribution in [-0.2, 0) is 16.0 Å². The first-order valence-corrected chi connectivity index (χ1v) is 4.35. The van der Waals surface area contributed by atoms with Crippen molar-refractivity contribution in [3.8, 4) is 0 Å². The molecule has 0 N–H and O–H groups in total. The molecule has 0 radical (unpaired) electrons. The third-order valence-electron chi connectivity index (χ3n) is 2.09. The molecule has 0 aliphatic carbocycles. The standard InChI is InChI=1S/C11H14O2/c1-9-5-3-4-6-10(9)7-8-11(12)13-2/h3-6H,7-8H2,1-2H3. The van der Waals surface area contributed by atoms with E-state index in [1.165, 1.54) is 18.2 Å². The first kappa shape index (κ1) is 9.78. The summed E-state index contributed by atoms with van der Waals surface area (Å²) < 4.78 is 4.57. The lowest BCUT2D eigenvalue weighted by atomic mass is 10.0.